The average molecular weight is 285 g/mol. The van der Waals surface area contributed by atoms with Gasteiger partial charge in [0.25, 0.3) is 0 Å². The molecule has 0 fully saturated rings. The van der Waals surface area contributed by atoms with Gasteiger partial charge in [-0.1, -0.05) is 35.3 Å². The lowest BCUT2D eigenvalue weighted by Crippen LogP contribution is -2.02. The maximum absolute atomic E-state index is 10.2. The van der Waals surface area contributed by atoms with Gasteiger partial charge >= 0.3 is 0 Å². The summed E-state index contributed by atoms with van der Waals surface area (Å²) in [6.45, 7) is 0. The van der Waals surface area contributed by atoms with Crippen LogP contribution in [0.25, 0.3) is 0 Å². The second kappa shape index (κ2) is 5.52. The van der Waals surface area contributed by atoms with E-state index in [0.717, 1.165) is 0 Å². The number of methoxy groups -OCH3 is 1. The average Bonchev–Trinajstić information content (AvgIpc) is 2.41. The van der Waals surface area contributed by atoms with Crippen LogP contribution in [0.2, 0.25) is 10.3 Å². The minimum absolute atomic E-state index is 0.128. The number of aliphatic hydroxyl groups is 1. The van der Waals surface area contributed by atoms with Crippen molar-refractivity contribution in [1.29, 1.82) is 0 Å². The third-order valence-corrected chi connectivity index (χ3v) is 2.95. The Kier molecular flexibility index (Phi) is 4.01. The van der Waals surface area contributed by atoms with E-state index in [2.05, 4.69) is 10.2 Å². The summed E-state index contributed by atoms with van der Waals surface area (Å²) < 4.78 is 5.05. The number of ether oxygens (including phenoxy) is 1. The van der Waals surface area contributed by atoms with Gasteiger partial charge in [0, 0.05) is 5.56 Å². The second-order valence-electron chi connectivity index (χ2n) is 3.59. The lowest BCUT2D eigenvalue weighted by molar-refractivity contribution is 0.219. The Morgan fingerprint density at radius 1 is 1.17 bits per heavy atom. The molecule has 6 heteroatoms. The minimum Gasteiger partial charge on any atom is -0.497 e. The van der Waals surface area contributed by atoms with E-state index < -0.39 is 6.10 Å². The molecule has 0 radical (unpaired) electrons. The zero-order chi connectivity index (χ0) is 13.1. The van der Waals surface area contributed by atoms with E-state index in [1.54, 1.807) is 31.4 Å². The standard InChI is InChI=1S/C12H10Cl2N2O2/c1-18-8-4-2-7(3-5-8)11(17)9-6-10(13)15-16-12(9)14/h2-6,11,17H,1H3. The first kappa shape index (κ1) is 13.1. The second-order valence-corrected chi connectivity index (χ2v) is 4.33. The summed E-state index contributed by atoms with van der Waals surface area (Å²) >= 11 is 11.6. The van der Waals surface area contributed by atoms with Gasteiger partial charge in [-0.2, -0.15) is 0 Å². The Hall–Kier alpha value is -1.36. The van der Waals surface area contributed by atoms with E-state index in [9.17, 15) is 5.11 Å². The zero-order valence-corrected chi connectivity index (χ0v) is 11.0. The molecule has 0 bridgehead atoms. The molecule has 94 valence electrons. The molecule has 0 saturated carbocycles. The number of aromatic nitrogens is 2. The van der Waals surface area contributed by atoms with Crippen LogP contribution < -0.4 is 4.74 Å². The predicted molar refractivity (Wildman–Crippen MR) is 69.1 cm³/mol. The molecule has 0 aliphatic rings. The molecule has 18 heavy (non-hydrogen) atoms. The molecule has 4 nitrogen and oxygen atoms in total. The molecule has 0 saturated heterocycles. The van der Waals surface area contributed by atoms with E-state index in [1.165, 1.54) is 6.07 Å². The van der Waals surface area contributed by atoms with E-state index in [4.69, 9.17) is 27.9 Å². The van der Waals surface area contributed by atoms with Crippen LogP contribution in [-0.4, -0.2) is 22.4 Å². The highest BCUT2D eigenvalue weighted by atomic mass is 35.5. The maximum atomic E-state index is 10.2. The molecular formula is C12H10Cl2N2O2. The Morgan fingerprint density at radius 3 is 2.44 bits per heavy atom. The summed E-state index contributed by atoms with van der Waals surface area (Å²) in [4.78, 5) is 0. The van der Waals surface area contributed by atoms with Crippen molar-refractivity contribution in [3.05, 3.63) is 51.8 Å². The van der Waals surface area contributed by atoms with Crippen LogP contribution in [0, 0.1) is 0 Å². The lowest BCUT2D eigenvalue weighted by atomic mass is 10.0. The fraction of sp³-hybridized carbons (Fsp3) is 0.167. The van der Waals surface area contributed by atoms with Crippen molar-refractivity contribution in [1.82, 2.24) is 10.2 Å². The summed E-state index contributed by atoms with van der Waals surface area (Å²) in [6.07, 6.45) is -0.906. The Bertz CT molecular complexity index is 546. The largest absolute Gasteiger partial charge is 0.497 e. The highest BCUT2D eigenvalue weighted by molar-refractivity contribution is 6.31. The van der Waals surface area contributed by atoms with Crippen molar-refractivity contribution in [2.45, 2.75) is 6.10 Å². The molecule has 0 aliphatic heterocycles. The molecule has 1 unspecified atom stereocenters. The summed E-state index contributed by atoms with van der Waals surface area (Å²) in [5, 5.41) is 17.8. The van der Waals surface area contributed by atoms with Gasteiger partial charge in [-0.25, -0.2) is 0 Å². The molecular weight excluding hydrogens is 275 g/mol. The smallest absolute Gasteiger partial charge is 0.157 e. The first-order chi connectivity index (χ1) is 8.61. The Labute approximate surface area is 114 Å². The molecule has 1 N–H and O–H groups in total. The monoisotopic (exact) mass is 284 g/mol. The maximum Gasteiger partial charge on any atom is 0.157 e. The molecule has 1 aromatic heterocycles. The first-order valence-electron chi connectivity index (χ1n) is 5.12. The van der Waals surface area contributed by atoms with Crippen LogP contribution in [0.5, 0.6) is 5.75 Å². The summed E-state index contributed by atoms with van der Waals surface area (Å²) in [5.41, 5.74) is 1.09. The van der Waals surface area contributed by atoms with Crippen LogP contribution in [0.3, 0.4) is 0 Å². The fourth-order valence-corrected chi connectivity index (χ4v) is 1.87. The Balaban J connectivity index is 2.34. The summed E-state index contributed by atoms with van der Waals surface area (Å²) in [5.74, 6) is 0.711. The van der Waals surface area contributed by atoms with Crippen molar-refractivity contribution in [3.63, 3.8) is 0 Å². The zero-order valence-electron chi connectivity index (χ0n) is 9.47. The van der Waals surface area contributed by atoms with E-state index in [1.807, 2.05) is 0 Å². The summed E-state index contributed by atoms with van der Waals surface area (Å²) in [7, 11) is 1.58. The van der Waals surface area contributed by atoms with Crippen LogP contribution in [0.4, 0.5) is 0 Å². The fourth-order valence-electron chi connectivity index (χ4n) is 1.52. The Morgan fingerprint density at radius 2 is 1.83 bits per heavy atom. The van der Waals surface area contributed by atoms with Gasteiger partial charge in [-0.15, -0.1) is 10.2 Å². The minimum atomic E-state index is -0.906. The van der Waals surface area contributed by atoms with Crippen molar-refractivity contribution >= 4 is 23.2 Å². The van der Waals surface area contributed by atoms with Gasteiger partial charge in [-0.3, -0.25) is 0 Å². The van der Waals surface area contributed by atoms with Crippen LogP contribution in [-0.2, 0) is 0 Å². The molecule has 1 atom stereocenters. The van der Waals surface area contributed by atoms with E-state index in [-0.39, 0.29) is 10.3 Å². The third-order valence-electron chi connectivity index (χ3n) is 2.47. The normalized spacial score (nSPS) is 12.2. The van der Waals surface area contributed by atoms with Gasteiger partial charge in [0.05, 0.1) is 7.11 Å². The first-order valence-corrected chi connectivity index (χ1v) is 5.88. The SMILES string of the molecule is COc1ccc(C(O)c2cc(Cl)nnc2Cl)cc1. The van der Waals surface area contributed by atoms with Gasteiger partial charge in [0.1, 0.15) is 11.9 Å². The molecule has 1 heterocycles. The lowest BCUT2D eigenvalue weighted by Gasteiger charge is -2.12. The van der Waals surface area contributed by atoms with E-state index in [0.29, 0.717) is 16.9 Å². The quantitative estimate of drug-likeness (QED) is 0.942. The molecule has 2 aromatic rings. The number of rotatable bonds is 3. The van der Waals surface area contributed by atoms with Gasteiger partial charge in [-0.05, 0) is 23.8 Å². The van der Waals surface area contributed by atoms with Crippen LogP contribution >= 0.6 is 23.2 Å². The number of nitrogens with zero attached hydrogens (tertiary/aromatic N) is 2. The van der Waals surface area contributed by atoms with E-state index >= 15 is 0 Å². The molecule has 0 spiro atoms. The third kappa shape index (κ3) is 2.72. The van der Waals surface area contributed by atoms with Crippen LogP contribution in [0.1, 0.15) is 17.2 Å². The number of halogens is 2. The van der Waals surface area contributed by atoms with Crippen LogP contribution in [0.15, 0.2) is 30.3 Å². The highest BCUT2D eigenvalue weighted by Gasteiger charge is 2.16. The summed E-state index contributed by atoms with van der Waals surface area (Å²) in [6, 6.07) is 8.49. The van der Waals surface area contributed by atoms with Crippen molar-refractivity contribution < 1.29 is 9.84 Å². The number of hydrogen-bond acceptors (Lipinski definition) is 4. The molecule has 2 rings (SSSR count). The number of hydrogen-bond donors (Lipinski definition) is 1. The highest BCUT2D eigenvalue weighted by Crippen LogP contribution is 2.28. The van der Waals surface area contributed by atoms with Crippen molar-refractivity contribution in [3.8, 4) is 5.75 Å². The van der Waals surface area contributed by atoms with Gasteiger partial charge < -0.3 is 9.84 Å². The van der Waals surface area contributed by atoms with Gasteiger partial charge in [0.15, 0.2) is 10.3 Å². The molecule has 1 aromatic carbocycles. The number of benzene rings is 1. The number of aliphatic hydroxyl groups excluding tert-OH is 1. The predicted octanol–water partition coefficient (Wildman–Crippen LogP) is 2.87. The van der Waals surface area contributed by atoms with Crippen molar-refractivity contribution in [2.24, 2.45) is 0 Å². The topological polar surface area (TPSA) is 55.2 Å². The molecule has 0 aliphatic carbocycles. The van der Waals surface area contributed by atoms with Gasteiger partial charge in [0.2, 0.25) is 0 Å². The van der Waals surface area contributed by atoms with Crippen molar-refractivity contribution in [2.75, 3.05) is 7.11 Å². The molecule has 0 amide bonds.